The van der Waals surface area contributed by atoms with Crippen LogP contribution in [-0.4, -0.2) is 48.9 Å². The molecule has 3 heterocycles. The van der Waals surface area contributed by atoms with Gasteiger partial charge in [-0.25, -0.2) is 13.4 Å². The third kappa shape index (κ3) is 4.33. The Morgan fingerprint density at radius 1 is 1.28 bits per heavy atom. The first-order valence-corrected chi connectivity index (χ1v) is 9.83. The maximum Gasteiger partial charge on any atom is 0.270 e. The molecule has 1 N–H and O–H groups in total. The highest BCUT2D eigenvalue weighted by atomic mass is 32.2. The first-order chi connectivity index (χ1) is 11.9. The number of aromatic nitrogens is 2. The number of rotatable bonds is 5. The van der Waals surface area contributed by atoms with Crippen LogP contribution in [0, 0.1) is 0 Å². The van der Waals surface area contributed by atoms with Crippen LogP contribution < -0.4 is 10.2 Å². The van der Waals surface area contributed by atoms with Crippen LogP contribution >= 0.6 is 0 Å². The minimum Gasteiger partial charge on any atom is -0.369 e. The van der Waals surface area contributed by atoms with Gasteiger partial charge in [-0.1, -0.05) is 0 Å². The van der Waals surface area contributed by atoms with E-state index in [0.29, 0.717) is 18.7 Å². The summed E-state index contributed by atoms with van der Waals surface area (Å²) in [6, 6.07) is 7.07. The Kier molecular flexibility index (Phi) is 4.98. The van der Waals surface area contributed by atoms with Crippen LogP contribution in [0.2, 0.25) is 0 Å². The van der Waals surface area contributed by atoms with E-state index in [4.69, 9.17) is 0 Å². The zero-order valence-corrected chi connectivity index (χ0v) is 14.7. The highest BCUT2D eigenvalue weighted by Gasteiger charge is 2.30. The van der Waals surface area contributed by atoms with Crippen molar-refractivity contribution in [2.24, 2.45) is 0 Å². The molecule has 1 atom stereocenters. The molecule has 7 nitrogen and oxygen atoms in total. The van der Waals surface area contributed by atoms with Crippen LogP contribution in [0.1, 0.15) is 22.5 Å². The fraction of sp³-hybridized carbons (Fsp3) is 0.353. The molecule has 0 aliphatic carbocycles. The summed E-state index contributed by atoms with van der Waals surface area (Å²) in [5.74, 6) is 0.136. The number of nitrogens with zero attached hydrogens (tertiary/aromatic N) is 3. The average molecular weight is 360 g/mol. The van der Waals surface area contributed by atoms with Crippen molar-refractivity contribution < 1.29 is 13.2 Å². The summed E-state index contributed by atoms with van der Waals surface area (Å²) in [7, 11) is -1.08. The number of hydrogen-bond donors (Lipinski definition) is 1. The number of hydrogen-bond acceptors (Lipinski definition) is 6. The first-order valence-electron chi connectivity index (χ1n) is 8.01. The average Bonchev–Trinajstić information content (AvgIpc) is 3.00. The van der Waals surface area contributed by atoms with E-state index in [1.807, 2.05) is 24.1 Å². The zero-order chi connectivity index (χ0) is 17.9. The highest BCUT2D eigenvalue weighted by molar-refractivity contribution is 7.91. The molecule has 25 heavy (non-hydrogen) atoms. The number of nitrogens with one attached hydrogen (secondary N) is 1. The molecule has 1 aliphatic heterocycles. The van der Waals surface area contributed by atoms with Crippen LogP contribution in [0.5, 0.6) is 0 Å². The lowest BCUT2D eigenvalue weighted by Crippen LogP contribution is -2.32. The van der Waals surface area contributed by atoms with Crippen molar-refractivity contribution in [2.75, 3.05) is 23.5 Å². The van der Waals surface area contributed by atoms with Gasteiger partial charge in [-0.05, 0) is 36.2 Å². The van der Waals surface area contributed by atoms with Gasteiger partial charge in [0.15, 0.2) is 9.84 Å². The third-order valence-electron chi connectivity index (χ3n) is 4.35. The minimum atomic E-state index is -2.93. The maximum absolute atomic E-state index is 12.2. The smallest absolute Gasteiger partial charge is 0.270 e. The van der Waals surface area contributed by atoms with Gasteiger partial charge in [-0.2, -0.15) is 0 Å². The van der Waals surface area contributed by atoms with Crippen molar-refractivity contribution in [3.63, 3.8) is 0 Å². The zero-order valence-electron chi connectivity index (χ0n) is 13.9. The molecule has 1 saturated heterocycles. The molecule has 1 amide bonds. The second-order valence-electron chi connectivity index (χ2n) is 6.11. The monoisotopic (exact) mass is 360 g/mol. The standard InChI is InChI=1S/C17H20N4O3S/c1-21(15-6-9-25(23,24)12-15)14-2-3-16(19-11-14)17(22)20-10-13-4-7-18-8-5-13/h2-5,7-8,11,15H,6,9-10,12H2,1H3,(H,20,22). The molecule has 132 valence electrons. The minimum absolute atomic E-state index is 0.0434. The second kappa shape index (κ2) is 7.18. The molecular weight excluding hydrogens is 340 g/mol. The van der Waals surface area contributed by atoms with Gasteiger partial charge in [0.1, 0.15) is 5.69 Å². The van der Waals surface area contributed by atoms with Crippen molar-refractivity contribution in [3.05, 3.63) is 54.1 Å². The van der Waals surface area contributed by atoms with E-state index in [-0.39, 0.29) is 23.5 Å². The van der Waals surface area contributed by atoms with Crippen LogP contribution in [0.25, 0.3) is 0 Å². The Bertz CT molecular complexity index is 838. The number of amides is 1. The number of carbonyl (C=O) groups is 1. The van der Waals surface area contributed by atoms with E-state index >= 15 is 0 Å². The molecule has 1 aliphatic rings. The summed E-state index contributed by atoms with van der Waals surface area (Å²) in [4.78, 5) is 22.2. The molecule has 0 radical (unpaired) electrons. The van der Waals surface area contributed by atoms with Crippen molar-refractivity contribution in [2.45, 2.75) is 19.0 Å². The van der Waals surface area contributed by atoms with Crippen LogP contribution in [0.4, 0.5) is 5.69 Å². The third-order valence-corrected chi connectivity index (χ3v) is 6.10. The molecule has 0 aromatic carbocycles. The van der Waals surface area contributed by atoms with Crippen LogP contribution in [-0.2, 0) is 16.4 Å². The van der Waals surface area contributed by atoms with E-state index in [1.165, 1.54) is 0 Å². The number of sulfone groups is 1. The largest absolute Gasteiger partial charge is 0.369 e. The van der Waals surface area contributed by atoms with Crippen LogP contribution in [0.3, 0.4) is 0 Å². The van der Waals surface area contributed by atoms with Crippen LogP contribution in [0.15, 0.2) is 42.9 Å². The summed E-state index contributed by atoms with van der Waals surface area (Å²) < 4.78 is 23.2. The molecule has 0 saturated carbocycles. The summed E-state index contributed by atoms with van der Waals surface area (Å²) >= 11 is 0. The molecular formula is C17H20N4O3S. The Balaban J connectivity index is 1.60. The molecule has 1 unspecified atom stereocenters. The highest BCUT2D eigenvalue weighted by Crippen LogP contribution is 2.22. The van der Waals surface area contributed by atoms with Gasteiger partial charge in [0, 0.05) is 32.0 Å². The number of pyridine rings is 2. The van der Waals surface area contributed by atoms with Gasteiger partial charge in [0.2, 0.25) is 0 Å². The van der Waals surface area contributed by atoms with Gasteiger partial charge in [0.05, 0.1) is 23.4 Å². The quantitative estimate of drug-likeness (QED) is 0.856. The SMILES string of the molecule is CN(c1ccc(C(=O)NCc2ccncc2)nc1)C1CCS(=O)(=O)C1. The maximum atomic E-state index is 12.2. The van der Waals surface area contributed by atoms with Gasteiger partial charge in [0.25, 0.3) is 5.91 Å². The van der Waals surface area contributed by atoms with Gasteiger partial charge >= 0.3 is 0 Å². The molecule has 2 aromatic rings. The predicted molar refractivity (Wildman–Crippen MR) is 95.1 cm³/mol. The Morgan fingerprint density at radius 3 is 2.64 bits per heavy atom. The van der Waals surface area contributed by atoms with Gasteiger partial charge in [-0.15, -0.1) is 0 Å². The fourth-order valence-electron chi connectivity index (χ4n) is 2.79. The molecule has 8 heteroatoms. The molecule has 2 aromatic heterocycles. The van der Waals surface area contributed by atoms with E-state index in [1.54, 1.807) is 30.7 Å². The molecule has 0 spiro atoms. The molecule has 1 fully saturated rings. The number of anilines is 1. The summed E-state index contributed by atoms with van der Waals surface area (Å²) in [6.45, 7) is 0.407. The molecule has 3 rings (SSSR count). The summed E-state index contributed by atoms with van der Waals surface area (Å²) in [6.07, 6.45) is 5.57. The number of carbonyl (C=O) groups excluding carboxylic acids is 1. The summed E-state index contributed by atoms with van der Waals surface area (Å²) in [5.41, 5.74) is 2.08. The van der Waals surface area contributed by atoms with Crippen molar-refractivity contribution in [1.29, 1.82) is 0 Å². The fourth-order valence-corrected chi connectivity index (χ4v) is 4.57. The lowest BCUT2D eigenvalue weighted by atomic mass is 10.2. The first kappa shape index (κ1) is 17.3. The second-order valence-corrected chi connectivity index (χ2v) is 8.34. The van der Waals surface area contributed by atoms with E-state index < -0.39 is 9.84 Å². The van der Waals surface area contributed by atoms with E-state index in [0.717, 1.165) is 11.3 Å². The van der Waals surface area contributed by atoms with E-state index in [2.05, 4.69) is 15.3 Å². The summed E-state index contributed by atoms with van der Waals surface area (Å²) in [5, 5.41) is 2.81. The normalized spacial score (nSPS) is 18.7. The van der Waals surface area contributed by atoms with Gasteiger partial charge < -0.3 is 10.2 Å². The lowest BCUT2D eigenvalue weighted by molar-refractivity contribution is 0.0946. The van der Waals surface area contributed by atoms with Crippen molar-refractivity contribution in [1.82, 2.24) is 15.3 Å². The van der Waals surface area contributed by atoms with Gasteiger partial charge in [-0.3, -0.25) is 9.78 Å². The van der Waals surface area contributed by atoms with Crippen molar-refractivity contribution >= 4 is 21.4 Å². The Hall–Kier alpha value is -2.48. The lowest BCUT2D eigenvalue weighted by Gasteiger charge is -2.25. The topological polar surface area (TPSA) is 92.3 Å². The Morgan fingerprint density at radius 2 is 2.04 bits per heavy atom. The Labute approximate surface area is 147 Å². The van der Waals surface area contributed by atoms with E-state index in [9.17, 15) is 13.2 Å². The predicted octanol–water partition coefficient (Wildman–Crippen LogP) is 1.03. The van der Waals surface area contributed by atoms with Crippen molar-refractivity contribution in [3.8, 4) is 0 Å². The molecule has 0 bridgehead atoms.